The Morgan fingerprint density at radius 2 is 1.96 bits per heavy atom. The molecule has 150 valence electrons. The van der Waals surface area contributed by atoms with Crippen LogP contribution in [0.4, 0.5) is 0 Å². The van der Waals surface area contributed by atoms with Gasteiger partial charge in [0.15, 0.2) is 0 Å². The standard InChI is InChI=1S/C22H29N3O3/c1-17-4-3-5-20(23-17)15-25-12-11-24(16-21(25)10-13-26)14-18-6-8-19(9-7-18)22(27)28-2/h3-9,21,26H,10-16H2,1-2H3/t21-/m0/s1. The summed E-state index contributed by atoms with van der Waals surface area (Å²) in [6.45, 7) is 6.66. The Morgan fingerprint density at radius 3 is 2.64 bits per heavy atom. The van der Waals surface area contributed by atoms with E-state index < -0.39 is 0 Å². The first-order valence-electron chi connectivity index (χ1n) is 9.76. The predicted octanol–water partition coefficient (Wildman–Crippen LogP) is 2.25. The highest BCUT2D eigenvalue weighted by Gasteiger charge is 2.27. The summed E-state index contributed by atoms with van der Waals surface area (Å²) < 4.78 is 4.75. The number of aliphatic hydroxyl groups is 1. The van der Waals surface area contributed by atoms with Gasteiger partial charge in [-0.25, -0.2) is 4.79 Å². The minimum absolute atomic E-state index is 0.185. The molecule has 0 saturated carbocycles. The fourth-order valence-corrected chi connectivity index (χ4v) is 3.75. The first-order chi connectivity index (χ1) is 13.6. The monoisotopic (exact) mass is 383 g/mol. The van der Waals surface area contributed by atoms with Crippen molar-refractivity contribution < 1.29 is 14.6 Å². The molecule has 1 N–H and O–H groups in total. The topological polar surface area (TPSA) is 65.9 Å². The van der Waals surface area contributed by atoms with Gasteiger partial charge in [-0.2, -0.15) is 0 Å². The average Bonchev–Trinajstić information content (AvgIpc) is 2.70. The zero-order valence-corrected chi connectivity index (χ0v) is 16.7. The molecule has 1 aliphatic rings. The normalized spacial score (nSPS) is 18.2. The molecule has 0 radical (unpaired) electrons. The smallest absolute Gasteiger partial charge is 0.337 e. The molecule has 0 amide bonds. The van der Waals surface area contributed by atoms with Crippen LogP contribution in [0, 0.1) is 6.92 Å². The van der Waals surface area contributed by atoms with Crippen LogP contribution in [0.1, 0.15) is 33.7 Å². The van der Waals surface area contributed by atoms with Crippen molar-refractivity contribution in [3.05, 3.63) is 65.0 Å². The van der Waals surface area contributed by atoms with Crippen LogP contribution in [0.5, 0.6) is 0 Å². The molecule has 1 fully saturated rings. The second-order valence-electron chi connectivity index (χ2n) is 7.33. The highest BCUT2D eigenvalue weighted by atomic mass is 16.5. The molecule has 28 heavy (non-hydrogen) atoms. The van der Waals surface area contributed by atoms with Gasteiger partial charge in [-0.1, -0.05) is 18.2 Å². The number of hydrogen-bond donors (Lipinski definition) is 1. The van der Waals surface area contributed by atoms with Crippen molar-refractivity contribution in [3.63, 3.8) is 0 Å². The lowest BCUT2D eigenvalue weighted by Gasteiger charge is -2.41. The summed E-state index contributed by atoms with van der Waals surface area (Å²) in [5.74, 6) is -0.312. The zero-order valence-electron chi connectivity index (χ0n) is 16.7. The van der Waals surface area contributed by atoms with Crippen LogP contribution in [0.25, 0.3) is 0 Å². The summed E-state index contributed by atoms with van der Waals surface area (Å²) in [4.78, 5) is 21.0. The van der Waals surface area contributed by atoms with Gasteiger partial charge in [-0.15, -0.1) is 0 Å². The molecule has 0 unspecified atom stereocenters. The van der Waals surface area contributed by atoms with E-state index in [0.717, 1.165) is 50.5 Å². The number of nitrogens with zero attached hydrogens (tertiary/aromatic N) is 3. The number of benzene rings is 1. The largest absolute Gasteiger partial charge is 0.465 e. The molecule has 0 aliphatic carbocycles. The van der Waals surface area contributed by atoms with Crippen LogP contribution in [0.3, 0.4) is 0 Å². The predicted molar refractivity (Wildman–Crippen MR) is 108 cm³/mol. The number of hydrogen-bond acceptors (Lipinski definition) is 6. The van der Waals surface area contributed by atoms with Crippen molar-refractivity contribution in [2.24, 2.45) is 0 Å². The summed E-state index contributed by atoms with van der Waals surface area (Å²) in [5.41, 5.74) is 3.85. The van der Waals surface area contributed by atoms with E-state index in [2.05, 4.69) is 20.9 Å². The number of carbonyl (C=O) groups excluding carboxylic acids is 1. The first kappa shape index (κ1) is 20.5. The SMILES string of the molecule is COC(=O)c1ccc(CN2CCN(Cc3cccc(C)n3)[C@@H](CCO)C2)cc1. The van der Waals surface area contributed by atoms with Crippen LogP contribution in [0.15, 0.2) is 42.5 Å². The summed E-state index contributed by atoms with van der Waals surface area (Å²) in [5, 5.41) is 9.52. The molecule has 2 heterocycles. The Kier molecular flexibility index (Phi) is 7.14. The van der Waals surface area contributed by atoms with E-state index in [4.69, 9.17) is 4.74 Å². The molecule has 6 nitrogen and oxygen atoms in total. The Bertz CT molecular complexity index is 779. The third-order valence-corrected chi connectivity index (χ3v) is 5.24. The van der Waals surface area contributed by atoms with Crippen molar-refractivity contribution in [2.75, 3.05) is 33.4 Å². The fourth-order valence-electron chi connectivity index (χ4n) is 3.75. The molecule has 1 atom stereocenters. The van der Waals surface area contributed by atoms with Crippen molar-refractivity contribution in [2.45, 2.75) is 32.5 Å². The lowest BCUT2D eigenvalue weighted by atomic mass is 10.1. The molecular weight excluding hydrogens is 354 g/mol. The quantitative estimate of drug-likeness (QED) is 0.740. The van der Waals surface area contributed by atoms with Gasteiger partial charge in [0.1, 0.15) is 0 Å². The van der Waals surface area contributed by atoms with Crippen molar-refractivity contribution in [1.29, 1.82) is 0 Å². The number of aryl methyl sites for hydroxylation is 1. The third-order valence-electron chi connectivity index (χ3n) is 5.24. The number of ether oxygens (including phenoxy) is 1. The van der Waals surface area contributed by atoms with Crippen LogP contribution >= 0.6 is 0 Å². The molecule has 1 aliphatic heterocycles. The maximum absolute atomic E-state index is 11.6. The number of carbonyl (C=O) groups is 1. The highest BCUT2D eigenvalue weighted by molar-refractivity contribution is 5.89. The van der Waals surface area contributed by atoms with Gasteiger partial charge < -0.3 is 9.84 Å². The molecule has 1 saturated heterocycles. The van der Waals surface area contributed by atoms with Crippen LogP contribution in [-0.4, -0.2) is 65.3 Å². The Labute approximate surface area is 166 Å². The minimum atomic E-state index is -0.312. The minimum Gasteiger partial charge on any atom is -0.465 e. The van der Waals surface area contributed by atoms with E-state index in [1.165, 1.54) is 12.7 Å². The summed E-state index contributed by atoms with van der Waals surface area (Å²) in [6, 6.07) is 14.0. The number of pyridine rings is 1. The van der Waals surface area contributed by atoms with E-state index in [1.54, 1.807) is 0 Å². The number of aromatic nitrogens is 1. The second-order valence-corrected chi connectivity index (χ2v) is 7.33. The van der Waals surface area contributed by atoms with Crippen molar-refractivity contribution in [3.8, 4) is 0 Å². The fraction of sp³-hybridized carbons (Fsp3) is 0.455. The van der Waals surface area contributed by atoms with Gasteiger partial charge in [-0.05, 0) is 43.2 Å². The molecule has 1 aromatic carbocycles. The number of piperazine rings is 1. The number of rotatable bonds is 7. The van der Waals surface area contributed by atoms with Gasteiger partial charge >= 0.3 is 5.97 Å². The maximum Gasteiger partial charge on any atom is 0.337 e. The van der Waals surface area contributed by atoms with E-state index >= 15 is 0 Å². The van der Waals surface area contributed by atoms with Crippen molar-refractivity contribution in [1.82, 2.24) is 14.8 Å². The van der Waals surface area contributed by atoms with E-state index in [9.17, 15) is 9.90 Å². The molecule has 1 aromatic heterocycles. The van der Waals surface area contributed by atoms with Crippen molar-refractivity contribution >= 4 is 5.97 Å². The second kappa shape index (κ2) is 9.78. The summed E-state index contributed by atoms with van der Waals surface area (Å²) in [7, 11) is 1.39. The Hall–Kier alpha value is -2.28. The molecule has 0 bridgehead atoms. The van der Waals surface area contributed by atoms with Gasteiger partial charge in [0.05, 0.1) is 18.4 Å². The summed E-state index contributed by atoms with van der Waals surface area (Å²) in [6.07, 6.45) is 0.754. The van der Waals surface area contributed by atoms with E-state index in [1.807, 2.05) is 43.3 Å². The lowest BCUT2D eigenvalue weighted by molar-refractivity contribution is 0.0491. The number of aliphatic hydroxyl groups excluding tert-OH is 1. The van der Waals surface area contributed by atoms with E-state index in [0.29, 0.717) is 11.6 Å². The molecular formula is C22H29N3O3. The van der Waals surface area contributed by atoms with Crippen LogP contribution in [0.2, 0.25) is 0 Å². The maximum atomic E-state index is 11.6. The molecule has 3 rings (SSSR count). The molecule has 6 heteroatoms. The number of methoxy groups -OCH3 is 1. The van der Waals surface area contributed by atoms with Gasteiger partial charge in [0.25, 0.3) is 0 Å². The van der Waals surface area contributed by atoms with Gasteiger partial charge in [0.2, 0.25) is 0 Å². The van der Waals surface area contributed by atoms with Gasteiger partial charge in [-0.3, -0.25) is 14.8 Å². The van der Waals surface area contributed by atoms with E-state index in [-0.39, 0.29) is 12.6 Å². The highest BCUT2D eigenvalue weighted by Crippen LogP contribution is 2.18. The average molecular weight is 383 g/mol. The number of esters is 1. The molecule has 0 spiro atoms. The summed E-state index contributed by atoms with van der Waals surface area (Å²) >= 11 is 0. The van der Waals surface area contributed by atoms with Crippen LogP contribution < -0.4 is 0 Å². The zero-order chi connectivity index (χ0) is 19.9. The first-order valence-corrected chi connectivity index (χ1v) is 9.76. The molecule has 2 aromatic rings. The Morgan fingerprint density at radius 1 is 1.18 bits per heavy atom. The van der Waals surface area contributed by atoms with Crippen LogP contribution in [-0.2, 0) is 17.8 Å². The lowest BCUT2D eigenvalue weighted by Crippen LogP contribution is -2.52. The third kappa shape index (κ3) is 5.38. The van der Waals surface area contributed by atoms with Gasteiger partial charge in [0, 0.05) is 51.1 Å². The Balaban J connectivity index is 1.61.